The number of rotatable bonds is 2. The van der Waals surface area contributed by atoms with Gasteiger partial charge in [0.25, 0.3) is 0 Å². The zero-order valence-corrected chi connectivity index (χ0v) is 15.0. The number of anilines is 1. The highest BCUT2D eigenvalue weighted by atomic mass is 16.2. The summed E-state index contributed by atoms with van der Waals surface area (Å²) in [6.45, 7) is 8.35. The Bertz CT molecular complexity index is 785. The van der Waals surface area contributed by atoms with E-state index in [2.05, 4.69) is 47.5 Å². The minimum atomic E-state index is -0.141. The molecule has 7 heteroatoms. The second-order valence-corrected chi connectivity index (χ2v) is 7.96. The lowest BCUT2D eigenvalue weighted by Crippen LogP contribution is -2.41. The zero-order chi connectivity index (χ0) is 17.6. The van der Waals surface area contributed by atoms with E-state index in [0.29, 0.717) is 31.4 Å². The van der Waals surface area contributed by atoms with Gasteiger partial charge in [-0.05, 0) is 31.0 Å². The van der Waals surface area contributed by atoms with Crippen LogP contribution in [0, 0.1) is 0 Å². The van der Waals surface area contributed by atoms with Crippen LogP contribution in [0.25, 0.3) is 0 Å². The van der Waals surface area contributed by atoms with E-state index in [4.69, 9.17) is 0 Å². The molecule has 3 heterocycles. The number of hydrogen-bond acceptors (Lipinski definition) is 4. The van der Waals surface area contributed by atoms with Gasteiger partial charge < -0.3 is 4.90 Å². The van der Waals surface area contributed by atoms with Crippen molar-refractivity contribution in [3.05, 3.63) is 35.3 Å². The zero-order valence-electron chi connectivity index (χ0n) is 15.0. The second-order valence-electron chi connectivity index (χ2n) is 7.96. The predicted molar refractivity (Wildman–Crippen MR) is 94.4 cm³/mol. The number of fused-ring (bicyclic) bond motifs is 1. The molecule has 7 nitrogen and oxygen atoms in total. The van der Waals surface area contributed by atoms with Crippen LogP contribution >= 0.6 is 0 Å². The molecule has 1 saturated carbocycles. The number of aromatic nitrogens is 4. The molecule has 2 aliphatic rings. The molecule has 0 unspecified atom stereocenters. The van der Waals surface area contributed by atoms with Crippen LogP contribution < -0.4 is 5.32 Å². The summed E-state index contributed by atoms with van der Waals surface area (Å²) in [5.74, 6) is 1.07. The van der Waals surface area contributed by atoms with Crippen LogP contribution in [0.3, 0.4) is 0 Å². The molecule has 0 bridgehead atoms. The van der Waals surface area contributed by atoms with Gasteiger partial charge in [0.1, 0.15) is 0 Å². The summed E-state index contributed by atoms with van der Waals surface area (Å²) in [4.78, 5) is 14.3. The molecule has 2 aromatic rings. The molecular weight excluding hydrogens is 316 g/mol. The normalized spacial score (nSPS) is 17.3. The molecule has 0 radical (unpaired) electrons. The van der Waals surface area contributed by atoms with Gasteiger partial charge in [0.05, 0.1) is 30.2 Å². The van der Waals surface area contributed by atoms with Gasteiger partial charge in [-0.1, -0.05) is 20.8 Å². The van der Waals surface area contributed by atoms with E-state index < -0.39 is 0 Å². The van der Waals surface area contributed by atoms with Crippen molar-refractivity contribution < 1.29 is 4.79 Å². The minimum Gasteiger partial charge on any atom is -0.317 e. The van der Waals surface area contributed by atoms with Crippen LogP contribution in [0.2, 0.25) is 0 Å². The highest BCUT2D eigenvalue weighted by molar-refractivity contribution is 5.88. The summed E-state index contributed by atoms with van der Waals surface area (Å²) in [5.41, 5.74) is 3.17. The molecule has 4 rings (SSSR count). The fourth-order valence-corrected chi connectivity index (χ4v) is 3.00. The predicted octanol–water partition coefficient (Wildman–Crippen LogP) is 2.90. The van der Waals surface area contributed by atoms with Gasteiger partial charge in [0.2, 0.25) is 0 Å². The van der Waals surface area contributed by atoms with Crippen molar-refractivity contribution in [3.8, 4) is 0 Å². The van der Waals surface area contributed by atoms with Crippen molar-refractivity contribution in [1.29, 1.82) is 0 Å². The molecule has 2 amide bonds. The summed E-state index contributed by atoms with van der Waals surface area (Å²) in [6.07, 6.45) is 2.39. The van der Waals surface area contributed by atoms with Gasteiger partial charge in [-0.3, -0.25) is 10.00 Å². The molecule has 1 aliphatic carbocycles. The highest BCUT2D eigenvalue weighted by Crippen LogP contribution is 2.38. The van der Waals surface area contributed by atoms with Gasteiger partial charge in [-0.25, -0.2) is 4.79 Å². The molecular formula is C18H24N6O. The third kappa shape index (κ3) is 3.36. The number of nitrogens with one attached hydrogen (secondary N) is 1. The number of urea groups is 1. The van der Waals surface area contributed by atoms with Crippen LogP contribution in [-0.4, -0.2) is 37.5 Å². The van der Waals surface area contributed by atoms with Crippen molar-refractivity contribution in [2.75, 3.05) is 11.9 Å². The number of nitrogens with zero attached hydrogens (tertiary/aromatic N) is 5. The average Bonchev–Trinajstić information content (AvgIpc) is 3.32. The number of carbonyl (C=O) groups is 1. The quantitative estimate of drug-likeness (QED) is 0.912. The summed E-state index contributed by atoms with van der Waals surface area (Å²) >= 11 is 0. The monoisotopic (exact) mass is 340 g/mol. The van der Waals surface area contributed by atoms with Crippen molar-refractivity contribution in [3.63, 3.8) is 0 Å². The Balaban J connectivity index is 1.42. The van der Waals surface area contributed by atoms with Crippen molar-refractivity contribution in [2.24, 2.45) is 0 Å². The number of amides is 2. The van der Waals surface area contributed by atoms with Gasteiger partial charge in [-0.2, -0.15) is 10.2 Å². The van der Waals surface area contributed by atoms with E-state index in [9.17, 15) is 4.79 Å². The Morgan fingerprint density at radius 1 is 1.20 bits per heavy atom. The van der Waals surface area contributed by atoms with Crippen LogP contribution in [0.1, 0.15) is 56.6 Å². The van der Waals surface area contributed by atoms with Crippen LogP contribution in [0.15, 0.2) is 18.2 Å². The van der Waals surface area contributed by atoms with Crippen LogP contribution in [-0.2, 0) is 18.5 Å². The molecule has 1 fully saturated rings. The summed E-state index contributed by atoms with van der Waals surface area (Å²) in [6, 6.07) is 5.76. The Morgan fingerprint density at radius 3 is 2.64 bits per heavy atom. The largest absolute Gasteiger partial charge is 0.323 e. The van der Waals surface area contributed by atoms with Gasteiger partial charge in [-0.15, -0.1) is 5.10 Å². The maximum atomic E-state index is 12.5. The van der Waals surface area contributed by atoms with Crippen molar-refractivity contribution in [1.82, 2.24) is 24.9 Å². The Morgan fingerprint density at radius 2 is 2.00 bits per heavy atom. The maximum Gasteiger partial charge on any atom is 0.323 e. The lowest BCUT2D eigenvalue weighted by Gasteiger charge is -2.27. The third-order valence-electron chi connectivity index (χ3n) is 4.77. The van der Waals surface area contributed by atoms with Crippen LogP contribution in [0.5, 0.6) is 0 Å². The first kappa shape index (κ1) is 16.1. The van der Waals surface area contributed by atoms with E-state index in [1.807, 2.05) is 16.8 Å². The molecule has 2 aromatic heterocycles. The second kappa shape index (κ2) is 5.82. The van der Waals surface area contributed by atoms with Crippen LogP contribution in [0.4, 0.5) is 10.6 Å². The fraction of sp³-hybridized carbons (Fsp3) is 0.556. The van der Waals surface area contributed by atoms with E-state index in [-0.39, 0.29) is 11.4 Å². The third-order valence-corrected chi connectivity index (χ3v) is 4.77. The molecule has 1 N–H and O–H groups in total. The first-order valence-corrected chi connectivity index (χ1v) is 8.87. The Hall–Kier alpha value is -2.44. The lowest BCUT2D eigenvalue weighted by atomic mass is 9.92. The van der Waals surface area contributed by atoms with E-state index in [0.717, 1.165) is 17.1 Å². The molecule has 0 saturated heterocycles. The minimum absolute atomic E-state index is 0.0102. The first-order chi connectivity index (χ1) is 11.9. The molecule has 1 aliphatic heterocycles. The Kier molecular flexibility index (Phi) is 3.74. The summed E-state index contributed by atoms with van der Waals surface area (Å²) in [7, 11) is 0. The molecule has 0 spiro atoms. The Labute approximate surface area is 147 Å². The van der Waals surface area contributed by atoms with Gasteiger partial charge >= 0.3 is 6.03 Å². The van der Waals surface area contributed by atoms with Gasteiger partial charge in [0, 0.05) is 17.9 Å². The first-order valence-electron chi connectivity index (χ1n) is 8.87. The topological polar surface area (TPSA) is 75.9 Å². The van der Waals surface area contributed by atoms with Crippen molar-refractivity contribution in [2.45, 2.75) is 58.0 Å². The van der Waals surface area contributed by atoms with E-state index in [1.165, 1.54) is 12.8 Å². The SMILES string of the molecule is CC(C)(C)c1cc2n(n1)CCN(C(=O)Nc1ccc(C3CC3)nn1)C2. The molecule has 25 heavy (non-hydrogen) atoms. The summed E-state index contributed by atoms with van der Waals surface area (Å²) < 4.78 is 2.01. The smallest absolute Gasteiger partial charge is 0.317 e. The fourth-order valence-electron chi connectivity index (χ4n) is 3.00. The highest BCUT2D eigenvalue weighted by Gasteiger charge is 2.27. The average molecular weight is 340 g/mol. The summed E-state index contributed by atoms with van der Waals surface area (Å²) in [5, 5.41) is 15.9. The standard InChI is InChI=1S/C18H24N6O/c1-18(2,3)15-10-13-11-23(8-9-24(13)22-15)17(25)19-16-7-6-14(20-21-16)12-4-5-12/h6-7,10,12H,4-5,8-9,11H2,1-3H3,(H,19,21,25). The number of hydrogen-bond donors (Lipinski definition) is 1. The van der Waals surface area contributed by atoms with E-state index >= 15 is 0 Å². The van der Waals surface area contributed by atoms with Gasteiger partial charge in [0.15, 0.2) is 5.82 Å². The van der Waals surface area contributed by atoms with Crippen molar-refractivity contribution >= 4 is 11.8 Å². The lowest BCUT2D eigenvalue weighted by molar-refractivity contribution is 0.194. The maximum absolute atomic E-state index is 12.5. The molecule has 0 aromatic carbocycles. The van der Waals surface area contributed by atoms with E-state index in [1.54, 1.807) is 4.90 Å². The molecule has 0 atom stereocenters. The number of carbonyl (C=O) groups excluding carboxylic acids is 1. The molecule has 132 valence electrons.